The van der Waals surface area contributed by atoms with Crippen molar-refractivity contribution in [2.75, 3.05) is 0 Å². The van der Waals surface area contributed by atoms with Gasteiger partial charge >= 0.3 is 0 Å². The lowest BCUT2D eigenvalue weighted by Crippen LogP contribution is -1.89. The Labute approximate surface area is 77.1 Å². The number of carbonyl (C=O) groups excluding carboxylic acids is 1. The fourth-order valence-corrected chi connectivity index (χ4v) is 1.63. The van der Waals surface area contributed by atoms with E-state index in [2.05, 4.69) is 21.0 Å². The van der Waals surface area contributed by atoms with Crippen molar-refractivity contribution in [2.24, 2.45) is 0 Å². The van der Waals surface area contributed by atoms with Gasteiger partial charge < -0.3 is 0 Å². The zero-order valence-electron chi connectivity index (χ0n) is 6.07. The van der Waals surface area contributed by atoms with Crippen molar-refractivity contribution in [2.45, 2.75) is 0 Å². The van der Waals surface area contributed by atoms with Gasteiger partial charge in [0.2, 0.25) is 0 Å². The lowest BCUT2D eigenvalue weighted by molar-refractivity contribution is 0.112. The van der Waals surface area contributed by atoms with Gasteiger partial charge in [-0.15, -0.1) is 0 Å². The lowest BCUT2D eigenvalue weighted by Gasteiger charge is -1.95. The predicted molar refractivity (Wildman–Crippen MR) is 48.3 cm³/mol. The van der Waals surface area contributed by atoms with Crippen molar-refractivity contribution in [1.29, 1.82) is 0 Å². The molecule has 0 N–H and O–H groups in total. The number of rotatable bonds is 1. The third-order valence-corrected chi connectivity index (χ3v) is 2.23. The van der Waals surface area contributed by atoms with Gasteiger partial charge in [-0.1, -0.05) is 0 Å². The van der Waals surface area contributed by atoms with Crippen molar-refractivity contribution in [3.63, 3.8) is 0 Å². The van der Waals surface area contributed by atoms with E-state index in [0.717, 1.165) is 16.3 Å². The fraction of sp³-hybridized carbons (Fsp3) is 0. The Hall–Kier alpha value is -1.16. The molecule has 2 rings (SSSR count). The first-order valence-corrected chi connectivity index (χ1v) is 4.19. The molecule has 0 radical (unpaired) electrons. The number of halogens is 1. The summed E-state index contributed by atoms with van der Waals surface area (Å²) in [6, 6.07) is 3.55. The van der Waals surface area contributed by atoms with Crippen molar-refractivity contribution < 1.29 is 4.79 Å². The van der Waals surface area contributed by atoms with Gasteiger partial charge in [0.15, 0.2) is 6.29 Å². The van der Waals surface area contributed by atoms with E-state index in [1.165, 1.54) is 0 Å². The number of carbonyl (C=O) groups is 1. The summed E-state index contributed by atoms with van der Waals surface area (Å²) in [5.74, 6) is 0. The minimum Gasteiger partial charge on any atom is -0.298 e. The molecule has 0 aliphatic rings. The van der Waals surface area contributed by atoms with Crippen LogP contribution in [-0.2, 0) is 0 Å². The molecule has 0 saturated heterocycles. The minimum absolute atomic E-state index is 0.641. The fourth-order valence-electron chi connectivity index (χ4n) is 1.13. The van der Waals surface area contributed by atoms with Crippen molar-refractivity contribution in [3.8, 4) is 0 Å². The molecule has 0 unspecified atom stereocenters. The quantitative estimate of drug-likeness (QED) is 0.694. The number of nitrogens with zero attached hydrogens (tertiary/aromatic N) is 2. The van der Waals surface area contributed by atoms with E-state index >= 15 is 0 Å². The zero-order chi connectivity index (χ0) is 8.55. The third kappa shape index (κ3) is 0.956. The van der Waals surface area contributed by atoms with Crippen LogP contribution in [-0.4, -0.2) is 15.9 Å². The lowest BCUT2D eigenvalue weighted by atomic mass is 10.2. The summed E-state index contributed by atoms with van der Waals surface area (Å²) < 4.78 is 2.50. The molecule has 0 aliphatic heterocycles. The first kappa shape index (κ1) is 7.49. The zero-order valence-corrected chi connectivity index (χ0v) is 7.65. The number of aromatic nitrogens is 2. The van der Waals surface area contributed by atoms with Crippen LogP contribution in [0.3, 0.4) is 0 Å². The Balaban J connectivity index is 2.93. The van der Waals surface area contributed by atoms with E-state index in [0.29, 0.717) is 5.56 Å². The third-order valence-electron chi connectivity index (χ3n) is 1.65. The molecule has 0 amide bonds. The highest BCUT2D eigenvalue weighted by Crippen LogP contribution is 2.19. The largest absolute Gasteiger partial charge is 0.298 e. The molecule has 0 aromatic carbocycles. The van der Waals surface area contributed by atoms with Crippen LogP contribution < -0.4 is 0 Å². The molecule has 0 fully saturated rings. The van der Waals surface area contributed by atoms with Crippen LogP contribution in [0.25, 0.3) is 5.52 Å². The smallest absolute Gasteiger partial charge is 0.152 e. The average molecular weight is 225 g/mol. The van der Waals surface area contributed by atoms with Crippen LogP contribution in [0.1, 0.15) is 10.4 Å². The van der Waals surface area contributed by atoms with Gasteiger partial charge in [-0.05, 0) is 28.1 Å². The van der Waals surface area contributed by atoms with Gasteiger partial charge in [-0.3, -0.25) is 4.79 Å². The van der Waals surface area contributed by atoms with Crippen LogP contribution in [0.4, 0.5) is 0 Å². The molecule has 2 heterocycles. The highest BCUT2D eigenvalue weighted by atomic mass is 79.9. The van der Waals surface area contributed by atoms with Crippen LogP contribution in [0.2, 0.25) is 0 Å². The van der Waals surface area contributed by atoms with Crippen LogP contribution >= 0.6 is 15.9 Å². The number of hydrogen-bond donors (Lipinski definition) is 0. The molecule has 60 valence electrons. The number of aldehydes is 1. The molecule has 0 spiro atoms. The van der Waals surface area contributed by atoms with E-state index in [4.69, 9.17) is 0 Å². The Morgan fingerprint density at radius 3 is 3.17 bits per heavy atom. The summed E-state index contributed by atoms with van der Waals surface area (Å²) >= 11 is 3.32. The molecule has 0 bridgehead atoms. The average Bonchev–Trinajstić information content (AvgIpc) is 2.48. The first-order valence-electron chi connectivity index (χ1n) is 3.40. The predicted octanol–water partition coefficient (Wildman–Crippen LogP) is 1.91. The van der Waals surface area contributed by atoms with Crippen LogP contribution in [0.15, 0.2) is 29.0 Å². The number of fused-ring (bicyclic) bond motifs is 1. The molecule has 12 heavy (non-hydrogen) atoms. The summed E-state index contributed by atoms with van der Waals surface area (Å²) in [5, 5.41) is 4.04. The van der Waals surface area contributed by atoms with E-state index in [9.17, 15) is 4.79 Å². The second kappa shape index (κ2) is 2.71. The summed E-state index contributed by atoms with van der Waals surface area (Å²) in [6.45, 7) is 0. The van der Waals surface area contributed by atoms with Gasteiger partial charge in [0.05, 0.1) is 16.2 Å². The van der Waals surface area contributed by atoms with E-state index in [1.54, 1.807) is 29.0 Å². The van der Waals surface area contributed by atoms with Gasteiger partial charge in [-0.2, -0.15) is 5.10 Å². The van der Waals surface area contributed by atoms with Gasteiger partial charge in [0.1, 0.15) is 0 Å². The van der Waals surface area contributed by atoms with Gasteiger partial charge in [0.25, 0.3) is 0 Å². The van der Waals surface area contributed by atoms with Crippen LogP contribution in [0, 0.1) is 0 Å². The maximum absolute atomic E-state index is 10.6. The first-order chi connectivity index (χ1) is 5.83. The molecule has 2 aromatic heterocycles. The second-order valence-electron chi connectivity index (χ2n) is 2.37. The Kier molecular flexibility index (Phi) is 1.69. The number of hydrogen-bond acceptors (Lipinski definition) is 2. The second-order valence-corrected chi connectivity index (χ2v) is 3.22. The van der Waals surface area contributed by atoms with Crippen molar-refractivity contribution in [3.05, 3.63) is 34.6 Å². The minimum atomic E-state index is 0.641. The molecule has 0 atom stereocenters. The summed E-state index contributed by atoms with van der Waals surface area (Å²) in [5.41, 5.74) is 1.45. The van der Waals surface area contributed by atoms with Crippen molar-refractivity contribution in [1.82, 2.24) is 9.61 Å². The molecular formula is C8H5BrN2O. The van der Waals surface area contributed by atoms with E-state index < -0.39 is 0 Å². The molecular weight excluding hydrogens is 220 g/mol. The highest BCUT2D eigenvalue weighted by molar-refractivity contribution is 9.10. The summed E-state index contributed by atoms with van der Waals surface area (Å²) in [4.78, 5) is 10.6. The summed E-state index contributed by atoms with van der Waals surface area (Å²) in [6.07, 6.45) is 4.29. The standard InChI is InChI=1S/C8H5BrN2O/c9-7-4-10-11-3-1-2-6(5-12)8(7)11/h1-5H. The molecule has 0 aliphatic carbocycles. The molecule has 4 heteroatoms. The Bertz CT molecular complexity index is 436. The number of pyridine rings is 1. The van der Waals surface area contributed by atoms with Crippen LogP contribution in [0.5, 0.6) is 0 Å². The SMILES string of the molecule is O=Cc1cccn2ncc(Br)c12. The summed E-state index contributed by atoms with van der Waals surface area (Å²) in [7, 11) is 0. The van der Waals surface area contributed by atoms with E-state index in [-0.39, 0.29) is 0 Å². The topological polar surface area (TPSA) is 34.4 Å². The normalized spacial score (nSPS) is 10.4. The molecule has 3 nitrogen and oxygen atoms in total. The van der Waals surface area contributed by atoms with Gasteiger partial charge in [0, 0.05) is 11.8 Å². The Morgan fingerprint density at radius 2 is 2.42 bits per heavy atom. The Morgan fingerprint density at radius 1 is 1.58 bits per heavy atom. The molecule has 0 saturated carbocycles. The van der Waals surface area contributed by atoms with Gasteiger partial charge in [-0.25, -0.2) is 4.52 Å². The van der Waals surface area contributed by atoms with E-state index in [1.807, 2.05) is 0 Å². The molecule has 2 aromatic rings. The highest BCUT2D eigenvalue weighted by Gasteiger charge is 2.04. The van der Waals surface area contributed by atoms with Crippen molar-refractivity contribution >= 4 is 27.7 Å². The maximum atomic E-state index is 10.6. The maximum Gasteiger partial charge on any atom is 0.152 e. The monoisotopic (exact) mass is 224 g/mol.